The normalized spacial score (nSPS) is 9.89. The highest BCUT2D eigenvalue weighted by Crippen LogP contribution is 2.11. The molecule has 2 N–H and O–H groups in total. The number of pyridine rings is 1. The van der Waals surface area contributed by atoms with E-state index in [0.717, 1.165) is 0 Å². The standard InChI is InChI=1S/C14H12N2O3/c17-13(16-11-5-7-15-8-6-11)9-10-3-1-2-4-12(10)14(18)19/h1-8H,9H2,(H,18,19)(H,15,16,17). The Hall–Kier alpha value is -2.69. The predicted molar refractivity (Wildman–Crippen MR) is 70.0 cm³/mol. The van der Waals surface area contributed by atoms with Crippen molar-refractivity contribution in [3.63, 3.8) is 0 Å². The van der Waals surface area contributed by atoms with Crippen LogP contribution in [0.15, 0.2) is 48.8 Å². The van der Waals surface area contributed by atoms with Crippen molar-refractivity contribution >= 4 is 17.6 Å². The molecule has 0 aliphatic carbocycles. The molecule has 1 aromatic heterocycles. The minimum absolute atomic E-state index is 0.0186. The van der Waals surface area contributed by atoms with Crippen LogP contribution in [-0.4, -0.2) is 22.0 Å². The number of nitrogens with zero attached hydrogens (tertiary/aromatic N) is 1. The van der Waals surface area contributed by atoms with E-state index in [-0.39, 0.29) is 17.9 Å². The number of hydrogen-bond donors (Lipinski definition) is 2. The highest BCUT2D eigenvalue weighted by atomic mass is 16.4. The minimum Gasteiger partial charge on any atom is -0.478 e. The number of amides is 1. The number of carbonyl (C=O) groups is 2. The first-order chi connectivity index (χ1) is 9.16. The number of aromatic carboxylic acids is 1. The summed E-state index contributed by atoms with van der Waals surface area (Å²) < 4.78 is 0. The number of carboxylic acids is 1. The van der Waals surface area contributed by atoms with Crippen molar-refractivity contribution in [1.82, 2.24) is 4.98 Å². The molecule has 0 bridgehead atoms. The molecule has 0 aliphatic heterocycles. The van der Waals surface area contributed by atoms with Gasteiger partial charge in [0.2, 0.25) is 5.91 Å². The Balaban J connectivity index is 2.09. The van der Waals surface area contributed by atoms with Gasteiger partial charge in [0.1, 0.15) is 0 Å². The van der Waals surface area contributed by atoms with E-state index in [9.17, 15) is 9.59 Å². The monoisotopic (exact) mass is 256 g/mol. The Morgan fingerprint density at radius 2 is 1.79 bits per heavy atom. The third kappa shape index (κ3) is 3.38. The Labute approximate surface area is 109 Å². The van der Waals surface area contributed by atoms with E-state index < -0.39 is 5.97 Å². The fourth-order valence-corrected chi connectivity index (χ4v) is 1.70. The van der Waals surface area contributed by atoms with E-state index >= 15 is 0 Å². The van der Waals surface area contributed by atoms with Crippen LogP contribution in [0.3, 0.4) is 0 Å². The van der Waals surface area contributed by atoms with Gasteiger partial charge in [0.05, 0.1) is 12.0 Å². The van der Waals surface area contributed by atoms with Gasteiger partial charge < -0.3 is 10.4 Å². The number of rotatable bonds is 4. The molecule has 96 valence electrons. The summed E-state index contributed by atoms with van der Waals surface area (Å²) in [6.07, 6.45) is 3.16. The molecule has 0 unspecified atom stereocenters. The molecule has 1 heterocycles. The molecule has 0 radical (unpaired) electrons. The molecule has 0 fully saturated rings. The molecule has 2 aromatic rings. The van der Waals surface area contributed by atoms with Crippen molar-refractivity contribution in [2.75, 3.05) is 5.32 Å². The highest BCUT2D eigenvalue weighted by molar-refractivity contribution is 5.95. The molecule has 5 heteroatoms. The average molecular weight is 256 g/mol. The largest absolute Gasteiger partial charge is 0.478 e. The first-order valence-electron chi connectivity index (χ1n) is 5.68. The molecule has 19 heavy (non-hydrogen) atoms. The summed E-state index contributed by atoms with van der Waals surface area (Å²) in [6.45, 7) is 0. The van der Waals surface area contributed by atoms with Crippen LogP contribution in [0.1, 0.15) is 15.9 Å². The van der Waals surface area contributed by atoms with Crippen molar-refractivity contribution in [2.24, 2.45) is 0 Å². The van der Waals surface area contributed by atoms with E-state index in [1.807, 2.05) is 0 Å². The molecular weight excluding hydrogens is 244 g/mol. The summed E-state index contributed by atoms with van der Waals surface area (Å²) in [7, 11) is 0. The summed E-state index contributed by atoms with van der Waals surface area (Å²) in [6, 6.07) is 9.80. The maximum absolute atomic E-state index is 11.8. The predicted octanol–water partition coefficient (Wildman–Crippen LogP) is 1.96. The van der Waals surface area contributed by atoms with Gasteiger partial charge in [-0.2, -0.15) is 0 Å². The first kappa shape index (κ1) is 12.8. The first-order valence-corrected chi connectivity index (χ1v) is 5.68. The topological polar surface area (TPSA) is 79.3 Å². The van der Waals surface area contributed by atoms with Crippen LogP contribution in [-0.2, 0) is 11.2 Å². The number of anilines is 1. The second-order valence-electron chi connectivity index (χ2n) is 3.92. The second-order valence-corrected chi connectivity index (χ2v) is 3.92. The summed E-state index contributed by atoms with van der Waals surface area (Å²) in [4.78, 5) is 26.7. The van der Waals surface area contributed by atoms with Gasteiger partial charge in [0.15, 0.2) is 0 Å². The van der Waals surface area contributed by atoms with Crippen molar-refractivity contribution in [1.29, 1.82) is 0 Å². The zero-order chi connectivity index (χ0) is 13.7. The van der Waals surface area contributed by atoms with Crippen molar-refractivity contribution < 1.29 is 14.7 Å². The van der Waals surface area contributed by atoms with E-state index in [2.05, 4.69) is 10.3 Å². The number of nitrogens with one attached hydrogen (secondary N) is 1. The lowest BCUT2D eigenvalue weighted by molar-refractivity contribution is -0.115. The number of carboxylic acid groups (broad SMARTS) is 1. The lowest BCUT2D eigenvalue weighted by Gasteiger charge is -2.07. The molecule has 5 nitrogen and oxygen atoms in total. The smallest absolute Gasteiger partial charge is 0.335 e. The second kappa shape index (κ2) is 5.77. The molecule has 0 spiro atoms. The number of benzene rings is 1. The SMILES string of the molecule is O=C(Cc1ccccc1C(=O)O)Nc1ccncc1. The van der Waals surface area contributed by atoms with Crippen LogP contribution in [0.2, 0.25) is 0 Å². The molecule has 1 aromatic carbocycles. The highest BCUT2D eigenvalue weighted by Gasteiger charge is 2.12. The van der Waals surface area contributed by atoms with Crippen LogP contribution < -0.4 is 5.32 Å². The van der Waals surface area contributed by atoms with E-state index in [0.29, 0.717) is 11.3 Å². The van der Waals surface area contributed by atoms with Crippen molar-refractivity contribution in [3.05, 3.63) is 59.9 Å². The Morgan fingerprint density at radius 3 is 2.47 bits per heavy atom. The summed E-state index contributed by atoms with van der Waals surface area (Å²) in [5.41, 5.74) is 1.27. The van der Waals surface area contributed by atoms with Crippen LogP contribution >= 0.6 is 0 Å². The third-order valence-corrected chi connectivity index (χ3v) is 2.56. The fourth-order valence-electron chi connectivity index (χ4n) is 1.70. The van der Waals surface area contributed by atoms with Crippen LogP contribution in [0.5, 0.6) is 0 Å². The van der Waals surface area contributed by atoms with Gasteiger partial charge in [-0.1, -0.05) is 18.2 Å². The van der Waals surface area contributed by atoms with Gasteiger partial charge in [-0.05, 0) is 23.8 Å². The molecule has 2 rings (SSSR count). The van der Waals surface area contributed by atoms with Gasteiger partial charge in [0, 0.05) is 18.1 Å². The number of carbonyl (C=O) groups excluding carboxylic acids is 1. The third-order valence-electron chi connectivity index (χ3n) is 2.56. The summed E-state index contributed by atoms with van der Waals surface area (Å²) in [5.74, 6) is -1.30. The lowest BCUT2D eigenvalue weighted by Crippen LogP contribution is -2.16. The van der Waals surface area contributed by atoms with Crippen molar-refractivity contribution in [2.45, 2.75) is 6.42 Å². The van der Waals surface area contributed by atoms with Gasteiger partial charge in [-0.25, -0.2) is 4.79 Å². The van der Waals surface area contributed by atoms with Crippen LogP contribution in [0.4, 0.5) is 5.69 Å². The minimum atomic E-state index is -1.03. The van der Waals surface area contributed by atoms with Gasteiger partial charge in [0.25, 0.3) is 0 Å². The van der Waals surface area contributed by atoms with Crippen LogP contribution in [0.25, 0.3) is 0 Å². The molecule has 0 atom stereocenters. The quantitative estimate of drug-likeness (QED) is 0.876. The molecule has 0 saturated heterocycles. The molecular formula is C14H12N2O3. The van der Waals surface area contributed by atoms with Gasteiger partial charge in [-0.15, -0.1) is 0 Å². The van der Waals surface area contributed by atoms with E-state index in [1.54, 1.807) is 42.7 Å². The summed E-state index contributed by atoms with van der Waals surface area (Å²) >= 11 is 0. The van der Waals surface area contributed by atoms with E-state index in [1.165, 1.54) is 6.07 Å². The summed E-state index contributed by atoms with van der Waals surface area (Å²) in [5, 5.41) is 11.7. The zero-order valence-corrected chi connectivity index (χ0v) is 10.0. The Bertz CT molecular complexity index is 597. The lowest BCUT2D eigenvalue weighted by atomic mass is 10.0. The number of hydrogen-bond acceptors (Lipinski definition) is 3. The maximum atomic E-state index is 11.8. The maximum Gasteiger partial charge on any atom is 0.335 e. The Kier molecular flexibility index (Phi) is 3.87. The number of aromatic nitrogens is 1. The fraction of sp³-hybridized carbons (Fsp3) is 0.0714. The van der Waals surface area contributed by atoms with Gasteiger partial charge in [-0.3, -0.25) is 9.78 Å². The molecule has 0 aliphatic rings. The Morgan fingerprint density at radius 1 is 1.11 bits per heavy atom. The van der Waals surface area contributed by atoms with Gasteiger partial charge >= 0.3 is 5.97 Å². The molecule has 0 saturated carbocycles. The average Bonchev–Trinajstić information content (AvgIpc) is 2.40. The zero-order valence-electron chi connectivity index (χ0n) is 10.0. The van der Waals surface area contributed by atoms with E-state index in [4.69, 9.17) is 5.11 Å². The molecule has 1 amide bonds. The van der Waals surface area contributed by atoms with Crippen molar-refractivity contribution in [3.8, 4) is 0 Å². The van der Waals surface area contributed by atoms with Crippen LogP contribution in [0, 0.1) is 0 Å².